The zero-order valence-electron chi connectivity index (χ0n) is 8.34. The number of ether oxygens (including phenoxy) is 1. The van der Waals surface area contributed by atoms with Gasteiger partial charge in [-0.1, -0.05) is 11.6 Å². The molecule has 0 N–H and O–H groups in total. The molecule has 0 aromatic carbocycles. The number of esters is 1. The summed E-state index contributed by atoms with van der Waals surface area (Å²) < 4.78 is 4.76. The quantitative estimate of drug-likeness (QED) is 0.388. The van der Waals surface area contributed by atoms with Gasteiger partial charge < -0.3 is 4.74 Å². The Morgan fingerprint density at radius 1 is 1.64 bits per heavy atom. The molecule has 1 atom stereocenters. The van der Waals surface area contributed by atoms with E-state index in [1.165, 1.54) is 0 Å². The first kappa shape index (κ1) is 10.7. The fourth-order valence-corrected chi connectivity index (χ4v) is 1.72. The number of Topliss-reactive ketones (excluding diaryl/α,β-unsaturated/α-hetero) is 1. The van der Waals surface area contributed by atoms with Gasteiger partial charge in [0.05, 0.1) is 0 Å². The maximum Gasteiger partial charge on any atom is 0.320 e. The van der Waals surface area contributed by atoms with E-state index in [-0.39, 0.29) is 12.4 Å². The monoisotopic (exact) mass is 194 g/mol. The zero-order valence-corrected chi connectivity index (χ0v) is 8.34. The SMILES string of the molecule is C=CCC1(CC(=C)C)C(=O)COC1=O. The van der Waals surface area contributed by atoms with Gasteiger partial charge in [-0.2, -0.15) is 0 Å². The van der Waals surface area contributed by atoms with E-state index in [2.05, 4.69) is 13.2 Å². The smallest absolute Gasteiger partial charge is 0.320 e. The van der Waals surface area contributed by atoms with E-state index >= 15 is 0 Å². The molecule has 0 amide bonds. The van der Waals surface area contributed by atoms with Gasteiger partial charge in [-0.05, 0) is 19.8 Å². The predicted molar refractivity (Wildman–Crippen MR) is 52.6 cm³/mol. The second kappa shape index (κ2) is 3.78. The van der Waals surface area contributed by atoms with Crippen LogP contribution in [0.1, 0.15) is 19.8 Å². The minimum Gasteiger partial charge on any atom is -0.457 e. The van der Waals surface area contributed by atoms with Gasteiger partial charge in [-0.25, -0.2) is 0 Å². The van der Waals surface area contributed by atoms with E-state index in [1.807, 2.05) is 0 Å². The van der Waals surface area contributed by atoms with Crippen LogP contribution in [0.15, 0.2) is 24.8 Å². The first-order valence-corrected chi connectivity index (χ1v) is 4.49. The summed E-state index contributed by atoms with van der Waals surface area (Å²) in [6.07, 6.45) is 2.27. The van der Waals surface area contributed by atoms with Gasteiger partial charge in [0.1, 0.15) is 5.41 Å². The molecule has 0 spiro atoms. The van der Waals surface area contributed by atoms with Crippen LogP contribution in [0.25, 0.3) is 0 Å². The van der Waals surface area contributed by atoms with Crippen LogP contribution in [0.4, 0.5) is 0 Å². The molecule has 3 heteroatoms. The van der Waals surface area contributed by atoms with Gasteiger partial charge in [0.2, 0.25) is 0 Å². The minimum absolute atomic E-state index is 0.111. The molecule has 0 aromatic heterocycles. The summed E-state index contributed by atoms with van der Waals surface area (Å²) in [6.45, 7) is 8.96. The van der Waals surface area contributed by atoms with Gasteiger partial charge in [0.15, 0.2) is 12.4 Å². The lowest BCUT2D eigenvalue weighted by atomic mass is 9.77. The fraction of sp³-hybridized carbons (Fsp3) is 0.455. The molecule has 76 valence electrons. The number of carbonyl (C=O) groups excluding carboxylic acids is 2. The van der Waals surface area contributed by atoms with Crippen molar-refractivity contribution in [2.24, 2.45) is 5.41 Å². The molecule has 0 aromatic rings. The molecule has 1 rings (SSSR count). The van der Waals surface area contributed by atoms with E-state index in [0.29, 0.717) is 12.8 Å². The second-order valence-electron chi connectivity index (χ2n) is 3.71. The van der Waals surface area contributed by atoms with Crippen molar-refractivity contribution in [3.05, 3.63) is 24.8 Å². The summed E-state index contributed by atoms with van der Waals surface area (Å²) in [5.41, 5.74) is -0.229. The largest absolute Gasteiger partial charge is 0.457 e. The van der Waals surface area contributed by atoms with Crippen LogP contribution in [-0.4, -0.2) is 18.4 Å². The molecule has 1 saturated heterocycles. The molecule has 1 fully saturated rings. The lowest BCUT2D eigenvalue weighted by molar-refractivity contribution is -0.146. The van der Waals surface area contributed by atoms with E-state index in [0.717, 1.165) is 5.57 Å². The highest BCUT2D eigenvalue weighted by Gasteiger charge is 2.50. The number of carbonyl (C=O) groups is 2. The molecule has 1 heterocycles. The molecular formula is C11H14O3. The number of allylic oxidation sites excluding steroid dienone is 2. The highest BCUT2D eigenvalue weighted by atomic mass is 16.5. The Bertz CT molecular complexity index is 286. The molecule has 0 bridgehead atoms. The first-order chi connectivity index (χ1) is 6.53. The summed E-state index contributed by atoms with van der Waals surface area (Å²) in [4.78, 5) is 23.1. The Kier molecular flexibility index (Phi) is 2.89. The Labute approximate surface area is 83.4 Å². The highest BCUT2D eigenvalue weighted by Crippen LogP contribution is 2.37. The maximum atomic E-state index is 11.6. The lowest BCUT2D eigenvalue weighted by Gasteiger charge is -2.20. The summed E-state index contributed by atoms with van der Waals surface area (Å²) in [6, 6.07) is 0. The molecule has 1 aliphatic rings. The van der Waals surface area contributed by atoms with Gasteiger partial charge >= 0.3 is 5.97 Å². The molecule has 0 radical (unpaired) electrons. The third kappa shape index (κ3) is 1.62. The van der Waals surface area contributed by atoms with Crippen molar-refractivity contribution >= 4 is 11.8 Å². The van der Waals surface area contributed by atoms with Gasteiger partial charge in [-0.3, -0.25) is 9.59 Å². The van der Waals surface area contributed by atoms with Crippen molar-refractivity contribution in [3.63, 3.8) is 0 Å². The third-order valence-electron chi connectivity index (χ3n) is 2.36. The van der Waals surface area contributed by atoms with Crippen LogP contribution < -0.4 is 0 Å². The Hall–Kier alpha value is -1.38. The van der Waals surface area contributed by atoms with E-state index in [9.17, 15) is 9.59 Å². The average Bonchev–Trinajstić information content (AvgIpc) is 2.33. The molecule has 0 saturated carbocycles. The third-order valence-corrected chi connectivity index (χ3v) is 2.36. The fourth-order valence-electron chi connectivity index (χ4n) is 1.72. The summed E-state index contributed by atoms with van der Waals surface area (Å²) >= 11 is 0. The number of hydrogen-bond donors (Lipinski definition) is 0. The Morgan fingerprint density at radius 3 is 2.64 bits per heavy atom. The van der Waals surface area contributed by atoms with Crippen LogP contribution in [0.5, 0.6) is 0 Å². The van der Waals surface area contributed by atoms with Crippen molar-refractivity contribution in [2.45, 2.75) is 19.8 Å². The van der Waals surface area contributed by atoms with Crippen molar-refractivity contribution in [1.82, 2.24) is 0 Å². The topological polar surface area (TPSA) is 43.4 Å². The van der Waals surface area contributed by atoms with Crippen LogP contribution in [0.2, 0.25) is 0 Å². The summed E-state index contributed by atoms with van der Waals surface area (Å²) in [7, 11) is 0. The standard InChI is InChI=1S/C11H14O3/c1-4-5-11(6-8(2)3)9(12)7-14-10(11)13/h4H,1-2,5-7H2,3H3. The maximum absolute atomic E-state index is 11.6. The van der Waals surface area contributed by atoms with Crippen LogP contribution in [0.3, 0.4) is 0 Å². The molecule has 0 aliphatic carbocycles. The Morgan fingerprint density at radius 2 is 2.29 bits per heavy atom. The van der Waals surface area contributed by atoms with Crippen molar-refractivity contribution in [3.8, 4) is 0 Å². The molecule has 1 unspecified atom stereocenters. The average molecular weight is 194 g/mol. The molecule has 3 nitrogen and oxygen atoms in total. The second-order valence-corrected chi connectivity index (χ2v) is 3.71. The van der Waals surface area contributed by atoms with Crippen LogP contribution in [-0.2, 0) is 14.3 Å². The van der Waals surface area contributed by atoms with Crippen LogP contribution in [0, 0.1) is 5.41 Å². The number of rotatable bonds is 4. The highest BCUT2D eigenvalue weighted by molar-refractivity contribution is 6.09. The number of cyclic esters (lactones) is 1. The normalized spacial score (nSPS) is 26.1. The number of ketones is 1. The van der Waals surface area contributed by atoms with Gasteiger partial charge in [0, 0.05) is 0 Å². The van der Waals surface area contributed by atoms with Crippen LogP contribution >= 0.6 is 0 Å². The zero-order chi connectivity index (χ0) is 10.8. The van der Waals surface area contributed by atoms with Gasteiger partial charge in [0.25, 0.3) is 0 Å². The summed E-state index contributed by atoms with van der Waals surface area (Å²) in [5, 5.41) is 0. The van der Waals surface area contributed by atoms with E-state index in [1.54, 1.807) is 13.0 Å². The van der Waals surface area contributed by atoms with Crippen molar-refractivity contribution in [2.75, 3.05) is 6.61 Å². The first-order valence-electron chi connectivity index (χ1n) is 4.49. The van der Waals surface area contributed by atoms with E-state index in [4.69, 9.17) is 4.74 Å². The lowest BCUT2D eigenvalue weighted by Crippen LogP contribution is -2.33. The van der Waals surface area contributed by atoms with Gasteiger partial charge in [-0.15, -0.1) is 13.2 Å². The van der Waals surface area contributed by atoms with Crippen molar-refractivity contribution < 1.29 is 14.3 Å². The predicted octanol–water partition coefficient (Wildman–Crippen LogP) is 1.64. The van der Waals surface area contributed by atoms with E-state index < -0.39 is 11.4 Å². The van der Waals surface area contributed by atoms with Crippen molar-refractivity contribution in [1.29, 1.82) is 0 Å². The minimum atomic E-state index is -1.03. The molecular weight excluding hydrogens is 180 g/mol. The molecule has 14 heavy (non-hydrogen) atoms. The Balaban J connectivity index is 3.00. The summed E-state index contributed by atoms with van der Waals surface area (Å²) in [5.74, 6) is -0.601. The molecule has 1 aliphatic heterocycles. The number of hydrogen-bond acceptors (Lipinski definition) is 3.